The quantitative estimate of drug-likeness (QED) is 0.728. The van der Waals surface area contributed by atoms with Crippen molar-refractivity contribution >= 4 is 29.1 Å². The lowest BCUT2D eigenvalue weighted by atomic mass is 10.0. The van der Waals surface area contributed by atoms with Gasteiger partial charge >= 0.3 is 0 Å². The zero-order chi connectivity index (χ0) is 18.7. The molecule has 0 atom stereocenters. The zero-order valence-corrected chi connectivity index (χ0v) is 15.9. The van der Waals surface area contributed by atoms with Gasteiger partial charge in [0.05, 0.1) is 23.6 Å². The molecule has 2 amide bonds. The summed E-state index contributed by atoms with van der Waals surface area (Å²) in [6.07, 6.45) is 0. The highest BCUT2D eigenvalue weighted by molar-refractivity contribution is 8.04. The van der Waals surface area contributed by atoms with E-state index < -0.39 is 0 Å². The third-order valence-electron chi connectivity index (χ3n) is 4.40. The molecule has 0 saturated heterocycles. The van der Waals surface area contributed by atoms with Gasteiger partial charge in [-0.25, -0.2) is 0 Å². The van der Waals surface area contributed by atoms with Crippen molar-refractivity contribution in [2.75, 3.05) is 20.3 Å². The number of methoxy groups -OCH3 is 1. The lowest BCUT2D eigenvalue weighted by molar-refractivity contribution is -0.137. The van der Waals surface area contributed by atoms with Gasteiger partial charge in [-0.2, -0.15) is 0 Å². The smallest absolute Gasteiger partial charge is 0.268 e. The minimum Gasteiger partial charge on any atom is -0.383 e. The van der Waals surface area contributed by atoms with E-state index in [-0.39, 0.29) is 18.4 Å². The SMILES string of the molecule is COCCN1C(=O)C(Sc2ccccc2)=C(c2ccc(C)c(C)c2)C1=O. The number of imide groups is 1. The summed E-state index contributed by atoms with van der Waals surface area (Å²) in [6, 6.07) is 15.5. The molecule has 0 radical (unpaired) electrons. The summed E-state index contributed by atoms with van der Waals surface area (Å²) in [4.78, 5) is 28.6. The van der Waals surface area contributed by atoms with E-state index >= 15 is 0 Å². The van der Waals surface area contributed by atoms with Gasteiger partial charge in [0.1, 0.15) is 0 Å². The zero-order valence-electron chi connectivity index (χ0n) is 15.1. The Balaban J connectivity index is 2.06. The molecule has 1 aliphatic rings. The maximum Gasteiger partial charge on any atom is 0.268 e. The molecular formula is C21H21NO3S. The van der Waals surface area contributed by atoms with Crippen molar-refractivity contribution in [1.82, 2.24) is 4.90 Å². The van der Waals surface area contributed by atoms with Gasteiger partial charge in [-0.1, -0.05) is 48.2 Å². The van der Waals surface area contributed by atoms with Crippen LogP contribution in [0.4, 0.5) is 0 Å². The Morgan fingerprint density at radius 1 is 0.962 bits per heavy atom. The molecule has 4 nitrogen and oxygen atoms in total. The molecule has 2 aromatic rings. The fourth-order valence-corrected chi connectivity index (χ4v) is 3.83. The average molecular weight is 367 g/mol. The van der Waals surface area contributed by atoms with Crippen LogP contribution in [0.15, 0.2) is 58.3 Å². The Morgan fingerprint density at radius 3 is 2.35 bits per heavy atom. The van der Waals surface area contributed by atoms with Crippen LogP contribution in [0, 0.1) is 13.8 Å². The van der Waals surface area contributed by atoms with E-state index in [9.17, 15) is 9.59 Å². The van der Waals surface area contributed by atoms with Crippen molar-refractivity contribution in [3.05, 3.63) is 70.1 Å². The van der Waals surface area contributed by atoms with Crippen molar-refractivity contribution in [3.63, 3.8) is 0 Å². The van der Waals surface area contributed by atoms with Crippen molar-refractivity contribution in [2.24, 2.45) is 0 Å². The maximum atomic E-state index is 13.0. The van der Waals surface area contributed by atoms with E-state index in [0.29, 0.717) is 17.1 Å². The molecular weight excluding hydrogens is 346 g/mol. The number of carbonyl (C=O) groups excluding carboxylic acids is 2. The van der Waals surface area contributed by atoms with E-state index in [1.165, 1.54) is 16.7 Å². The van der Waals surface area contributed by atoms with Gasteiger partial charge in [0.15, 0.2) is 0 Å². The molecule has 0 aromatic heterocycles. The van der Waals surface area contributed by atoms with Crippen LogP contribution in [0.25, 0.3) is 5.57 Å². The topological polar surface area (TPSA) is 46.6 Å². The van der Waals surface area contributed by atoms with Crippen LogP contribution in [0.5, 0.6) is 0 Å². The molecule has 0 fully saturated rings. The Bertz CT molecular complexity index is 874. The first-order chi connectivity index (χ1) is 12.5. The van der Waals surface area contributed by atoms with Gasteiger partial charge < -0.3 is 4.74 Å². The summed E-state index contributed by atoms with van der Waals surface area (Å²) in [5, 5.41) is 0. The normalized spacial score (nSPS) is 14.5. The Labute approximate surface area is 157 Å². The third kappa shape index (κ3) is 3.59. The summed E-state index contributed by atoms with van der Waals surface area (Å²) in [5.74, 6) is -0.511. The van der Waals surface area contributed by atoms with Gasteiger partial charge in [-0.05, 0) is 42.7 Å². The fourth-order valence-electron chi connectivity index (χ4n) is 2.79. The van der Waals surface area contributed by atoms with Gasteiger partial charge in [0.2, 0.25) is 0 Å². The molecule has 0 bridgehead atoms. The van der Waals surface area contributed by atoms with Crippen LogP contribution in [-0.4, -0.2) is 37.0 Å². The minimum absolute atomic E-state index is 0.251. The largest absolute Gasteiger partial charge is 0.383 e. The lowest BCUT2D eigenvalue weighted by Gasteiger charge is -2.14. The first kappa shape index (κ1) is 18.4. The van der Waals surface area contributed by atoms with E-state index in [2.05, 4.69) is 0 Å². The molecule has 134 valence electrons. The number of hydrogen-bond acceptors (Lipinski definition) is 4. The summed E-state index contributed by atoms with van der Waals surface area (Å²) in [5.41, 5.74) is 3.50. The van der Waals surface area contributed by atoms with Crippen molar-refractivity contribution in [2.45, 2.75) is 18.7 Å². The van der Waals surface area contributed by atoms with Crippen LogP contribution < -0.4 is 0 Å². The summed E-state index contributed by atoms with van der Waals surface area (Å²) in [6.45, 7) is 4.61. The fraction of sp³-hybridized carbons (Fsp3) is 0.238. The molecule has 0 unspecified atom stereocenters. The summed E-state index contributed by atoms with van der Waals surface area (Å²) < 4.78 is 5.06. The highest BCUT2D eigenvalue weighted by Crippen LogP contribution is 2.39. The number of benzene rings is 2. The van der Waals surface area contributed by atoms with Crippen molar-refractivity contribution < 1.29 is 14.3 Å². The second-order valence-electron chi connectivity index (χ2n) is 6.17. The monoisotopic (exact) mass is 367 g/mol. The molecule has 1 aliphatic heterocycles. The first-order valence-electron chi connectivity index (χ1n) is 8.43. The Hall–Kier alpha value is -2.37. The molecule has 5 heteroatoms. The Morgan fingerprint density at radius 2 is 1.69 bits per heavy atom. The summed E-state index contributed by atoms with van der Waals surface area (Å²) in [7, 11) is 1.56. The second-order valence-corrected chi connectivity index (χ2v) is 7.26. The molecule has 2 aromatic carbocycles. The third-order valence-corrected chi connectivity index (χ3v) is 5.49. The molecule has 26 heavy (non-hydrogen) atoms. The van der Waals surface area contributed by atoms with Crippen LogP contribution >= 0.6 is 11.8 Å². The van der Waals surface area contributed by atoms with E-state index in [4.69, 9.17) is 4.74 Å². The lowest BCUT2D eigenvalue weighted by Crippen LogP contribution is -2.34. The number of amides is 2. The molecule has 1 heterocycles. The number of thioether (sulfide) groups is 1. The van der Waals surface area contributed by atoms with Gasteiger partial charge in [-0.15, -0.1) is 0 Å². The highest BCUT2D eigenvalue weighted by Gasteiger charge is 2.39. The van der Waals surface area contributed by atoms with Gasteiger partial charge in [0, 0.05) is 12.0 Å². The average Bonchev–Trinajstić information content (AvgIpc) is 2.87. The number of carbonyl (C=O) groups is 2. The Kier molecular flexibility index (Phi) is 5.59. The minimum atomic E-state index is -0.256. The number of nitrogens with zero attached hydrogens (tertiary/aromatic N) is 1. The number of aryl methyl sites for hydroxylation is 2. The standard InChI is InChI=1S/C21H21NO3S/c1-14-9-10-16(13-15(14)2)18-19(26-17-7-5-4-6-8-17)21(24)22(20(18)23)11-12-25-3/h4-10,13H,11-12H2,1-3H3. The summed E-state index contributed by atoms with van der Waals surface area (Å²) >= 11 is 1.34. The highest BCUT2D eigenvalue weighted by atomic mass is 32.2. The van der Waals surface area contributed by atoms with Crippen LogP contribution in [-0.2, 0) is 14.3 Å². The second kappa shape index (κ2) is 7.89. The maximum absolute atomic E-state index is 13.0. The van der Waals surface area contributed by atoms with Crippen molar-refractivity contribution in [3.8, 4) is 0 Å². The molecule has 0 aliphatic carbocycles. The van der Waals surface area contributed by atoms with E-state index in [0.717, 1.165) is 21.6 Å². The first-order valence-corrected chi connectivity index (χ1v) is 9.24. The molecule has 3 rings (SSSR count). The van der Waals surface area contributed by atoms with E-state index in [1.54, 1.807) is 7.11 Å². The van der Waals surface area contributed by atoms with Crippen LogP contribution in [0.1, 0.15) is 16.7 Å². The number of ether oxygens (including phenoxy) is 1. The number of hydrogen-bond donors (Lipinski definition) is 0. The predicted octanol–water partition coefficient (Wildman–Crippen LogP) is 3.82. The van der Waals surface area contributed by atoms with Gasteiger partial charge in [0.25, 0.3) is 11.8 Å². The van der Waals surface area contributed by atoms with Gasteiger partial charge in [-0.3, -0.25) is 14.5 Å². The molecule has 0 saturated carbocycles. The molecule has 0 spiro atoms. The van der Waals surface area contributed by atoms with Crippen LogP contribution in [0.2, 0.25) is 0 Å². The van der Waals surface area contributed by atoms with Crippen molar-refractivity contribution in [1.29, 1.82) is 0 Å². The molecule has 0 N–H and O–H groups in total. The number of rotatable bonds is 6. The van der Waals surface area contributed by atoms with Crippen LogP contribution in [0.3, 0.4) is 0 Å². The van der Waals surface area contributed by atoms with E-state index in [1.807, 2.05) is 62.4 Å². The predicted molar refractivity (Wildman–Crippen MR) is 104 cm³/mol.